The van der Waals surface area contributed by atoms with Gasteiger partial charge in [0.1, 0.15) is 0 Å². The number of rotatable bonds is 4. The molecule has 0 unspecified atom stereocenters. The predicted molar refractivity (Wildman–Crippen MR) is 76.2 cm³/mol. The highest BCUT2D eigenvalue weighted by molar-refractivity contribution is 7.99. The van der Waals surface area contributed by atoms with Crippen LogP contribution in [0, 0.1) is 0 Å². The molecule has 0 spiro atoms. The molecule has 4 heteroatoms. The fourth-order valence-electron chi connectivity index (χ4n) is 2.48. The van der Waals surface area contributed by atoms with E-state index in [1.807, 2.05) is 17.8 Å². The SMILES string of the molecule is CSC1CCC(NCc2cccc(O)c2O)CC1. The van der Waals surface area contributed by atoms with Crippen molar-refractivity contribution in [2.24, 2.45) is 0 Å². The molecule has 1 saturated carbocycles. The molecule has 1 aromatic carbocycles. The van der Waals surface area contributed by atoms with Crippen LogP contribution in [-0.4, -0.2) is 27.8 Å². The average molecular weight is 267 g/mol. The Morgan fingerprint density at radius 1 is 1.22 bits per heavy atom. The van der Waals surface area contributed by atoms with Gasteiger partial charge in [0.05, 0.1) is 0 Å². The van der Waals surface area contributed by atoms with Gasteiger partial charge in [0, 0.05) is 23.4 Å². The third-order valence-electron chi connectivity index (χ3n) is 3.69. The summed E-state index contributed by atoms with van der Waals surface area (Å²) in [6.07, 6.45) is 7.12. The standard InChI is InChI=1S/C14H21NO2S/c1-18-12-7-5-11(6-8-12)15-9-10-3-2-4-13(16)14(10)17/h2-4,11-12,15-17H,5-9H2,1H3. The quantitative estimate of drug-likeness (QED) is 0.734. The monoisotopic (exact) mass is 267 g/mol. The van der Waals surface area contributed by atoms with Gasteiger partial charge < -0.3 is 15.5 Å². The van der Waals surface area contributed by atoms with Crippen LogP contribution in [0.5, 0.6) is 11.5 Å². The van der Waals surface area contributed by atoms with Crippen molar-refractivity contribution in [3.63, 3.8) is 0 Å². The predicted octanol–water partition coefficient (Wildman–Crippen LogP) is 2.86. The molecule has 1 aliphatic rings. The molecular formula is C14H21NO2S. The molecule has 0 radical (unpaired) electrons. The van der Waals surface area contributed by atoms with E-state index in [9.17, 15) is 10.2 Å². The maximum absolute atomic E-state index is 9.71. The van der Waals surface area contributed by atoms with Crippen molar-refractivity contribution < 1.29 is 10.2 Å². The molecule has 1 aromatic rings. The van der Waals surface area contributed by atoms with Crippen molar-refractivity contribution in [3.8, 4) is 11.5 Å². The average Bonchev–Trinajstić information content (AvgIpc) is 2.41. The zero-order valence-electron chi connectivity index (χ0n) is 10.7. The molecule has 0 heterocycles. The van der Waals surface area contributed by atoms with Gasteiger partial charge in [-0.1, -0.05) is 12.1 Å². The third-order valence-corrected chi connectivity index (χ3v) is 4.83. The zero-order chi connectivity index (χ0) is 13.0. The van der Waals surface area contributed by atoms with Crippen LogP contribution in [0.25, 0.3) is 0 Å². The minimum absolute atomic E-state index is 0.00259. The normalized spacial score (nSPS) is 24.1. The summed E-state index contributed by atoms with van der Waals surface area (Å²) < 4.78 is 0. The Morgan fingerprint density at radius 3 is 2.61 bits per heavy atom. The fourth-order valence-corrected chi connectivity index (χ4v) is 3.22. The van der Waals surface area contributed by atoms with E-state index in [0.717, 1.165) is 10.8 Å². The lowest BCUT2D eigenvalue weighted by molar-refractivity contribution is 0.369. The molecule has 0 aliphatic heterocycles. The first-order valence-electron chi connectivity index (χ1n) is 6.46. The van der Waals surface area contributed by atoms with E-state index >= 15 is 0 Å². The van der Waals surface area contributed by atoms with Crippen LogP contribution >= 0.6 is 11.8 Å². The summed E-state index contributed by atoms with van der Waals surface area (Å²) in [5, 5.41) is 23.4. The summed E-state index contributed by atoms with van der Waals surface area (Å²) >= 11 is 1.97. The molecule has 100 valence electrons. The Labute approximate surface area is 113 Å². The van der Waals surface area contributed by atoms with Crippen molar-refractivity contribution >= 4 is 11.8 Å². The van der Waals surface area contributed by atoms with E-state index in [0.29, 0.717) is 12.6 Å². The molecule has 0 saturated heterocycles. The lowest BCUT2D eigenvalue weighted by Gasteiger charge is -2.28. The van der Waals surface area contributed by atoms with E-state index in [2.05, 4.69) is 11.6 Å². The molecule has 0 bridgehead atoms. The lowest BCUT2D eigenvalue weighted by atomic mass is 9.95. The van der Waals surface area contributed by atoms with E-state index in [4.69, 9.17) is 0 Å². The molecule has 0 atom stereocenters. The molecule has 3 N–H and O–H groups in total. The second-order valence-electron chi connectivity index (χ2n) is 4.88. The van der Waals surface area contributed by atoms with Crippen LogP contribution in [0.2, 0.25) is 0 Å². The first-order chi connectivity index (χ1) is 8.70. The van der Waals surface area contributed by atoms with Gasteiger partial charge in [-0.3, -0.25) is 0 Å². The molecule has 0 aromatic heterocycles. The maximum atomic E-state index is 9.71. The van der Waals surface area contributed by atoms with Crippen LogP contribution in [0.15, 0.2) is 18.2 Å². The summed E-state index contributed by atoms with van der Waals surface area (Å²) in [5.74, 6) is -0.0387. The van der Waals surface area contributed by atoms with Crippen molar-refractivity contribution in [1.82, 2.24) is 5.32 Å². The Morgan fingerprint density at radius 2 is 1.94 bits per heavy atom. The Hall–Kier alpha value is -0.870. The molecule has 18 heavy (non-hydrogen) atoms. The highest BCUT2D eigenvalue weighted by Crippen LogP contribution is 2.29. The molecule has 1 fully saturated rings. The largest absolute Gasteiger partial charge is 0.504 e. The van der Waals surface area contributed by atoms with Gasteiger partial charge in [0.15, 0.2) is 11.5 Å². The number of hydrogen-bond donors (Lipinski definition) is 3. The van der Waals surface area contributed by atoms with Crippen LogP contribution in [-0.2, 0) is 6.54 Å². The van der Waals surface area contributed by atoms with E-state index in [1.165, 1.54) is 31.7 Å². The second kappa shape index (κ2) is 6.34. The second-order valence-corrected chi connectivity index (χ2v) is 6.01. The smallest absolute Gasteiger partial charge is 0.161 e. The molecule has 2 rings (SSSR count). The number of nitrogens with one attached hydrogen (secondary N) is 1. The van der Waals surface area contributed by atoms with Gasteiger partial charge in [-0.2, -0.15) is 11.8 Å². The van der Waals surface area contributed by atoms with Gasteiger partial charge in [-0.15, -0.1) is 0 Å². The van der Waals surface area contributed by atoms with Gasteiger partial charge in [-0.25, -0.2) is 0 Å². The minimum Gasteiger partial charge on any atom is -0.504 e. The van der Waals surface area contributed by atoms with Gasteiger partial charge in [-0.05, 0) is 38.0 Å². The summed E-state index contributed by atoms with van der Waals surface area (Å²) in [5.41, 5.74) is 0.766. The number of benzene rings is 1. The molecule has 0 amide bonds. The van der Waals surface area contributed by atoms with E-state index < -0.39 is 0 Å². The van der Waals surface area contributed by atoms with Gasteiger partial charge in [0.2, 0.25) is 0 Å². The first kappa shape index (κ1) is 13.6. The highest BCUT2D eigenvalue weighted by atomic mass is 32.2. The Kier molecular flexibility index (Phi) is 4.78. The van der Waals surface area contributed by atoms with Crippen LogP contribution < -0.4 is 5.32 Å². The third kappa shape index (κ3) is 3.33. The number of phenols is 2. The highest BCUT2D eigenvalue weighted by Gasteiger charge is 2.20. The summed E-state index contributed by atoms with van der Waals surface area (Å²) in [7, 11) is 0. The van der Waals surface area contributed by atoms with Gasteiger partial charge >= 0.3 is 0 Å². The Balaban J connectivity index is 1.83. The maximum Gasteiger partial charge on any atom is 0.161 e. The molecular weight excluding hydrogens is 246 g/mol. The number of para-hydroxylation sites is 1. The number of thioether (sulfide) groups is 1. The summed E-state index contributed by atoms with van der Waals surface area (Å²) in [4.78, 5) is 0. The van der Waals surface area contributed by atoms with Crippen molar-refractivity contribution in [2.45, 2.75) is 43.5 Å². The first-order valence-corrected chi connectivity index (χ1v) is 7.75. The van der Waals surface area contributed by atoms with E-state index in [1.54, 1.807) is 6.07 Å². The zero-order valence-corrected chi connectivity index (χ0v) is 11.5. The van der Waals surface area contributed by atoms with Crippen LogP contribution in [0.4, 0.5) is 0 Å². The van der Waals surface area contributed by atoms with Crippen molar-refractivity contribution in [1.29, 1.82) is 0 Å². The molecule has 1 aliphatic carbocycles. The van der Waals surface area contributed by atoms with Crippen LogP contribution in [0.3, 0.4) is 0 Å². The topological polar surface area (TPSA) is 52.5 Å². The van der Waals surface area contributed by atoms with Gasteiger partial charge in [0.25, 0.3) is 0 Å². The van der Waals surface area contributed by atoms with E-state index in [-0.39, 0.29) is 11.5 Å². The number of aromatic hydroxyl groups is 2. The minimum atomic E-state index is -0.0413. The fraction of sp³-hybridized carbons (Fsp3) is 0.571. The summed E-state index contributed by atoms with van der Waals surface area (Å²) in [6.45, 7) is 0.620. The Bertz CT molecular complexity index is 389. The lowest BCUT2D eigenvalue weighted by Crippen LogP contribution is -2.33. The number of phenolic OH excluding ortho intramolecular Hbond substituents is 2. The number of hydrogen-bond acceptors (Lipinski definition) is 4. The summed E-state index contributed by atoms with van der Waals surface area (Å²) in [6, 6.07) is 5.64. The van der Waals surface area contributed by atoms with Crippen LogP contribution in [0.1, 0.15) is 31.2 Å². The van der Waals surface area contributed by atoms with Crippen molar-refractivity contribution in [3.05, 3.63) is 23.8 Å². The molecule has 3 nitrogen and oxygen atoms in total. The van der Waals surface area contributed by atoms with Crippen molar-refractivity contribution in [2.75, 3.05) is 6.26 Å².